The highest BCUT2D eigenvalue weighted by molar-refractivity contribution is 14.0. The Morgan fingerprint density at radius 2 is 1.96 bits per heavy atom. The molecule has 7 nitrogen and oxygen atoms in total. The Hall–Kier alpha value is -1.10. The van der Waals surface area contributed by atoms with Crippen LogP contribution in [0.25, 0.3) is 0 Å². The van der Waals surface area contributed by atoms with E-state index < -0.39 is 0 Å². The number of hydrogen-bond acceptors (Lipinski definition) is 5. The van der Waals surface area contributed by atoms with Crippen molar-refractivity contribution in [3.8, 4) is 5.75 Å². The standard InChI is InChI=1S/C20H35N5O2.HI/c1-5-21-20(22-10-11-25-12-14-27-15-13-25)23-16-18(24(2)3)17-8-6-7-9-19(17)26-4;/h6-9,18H,5,10-16H2,1-4H3,(H2,21,22,23);1H. The Balaban J connectivity index is 0.00000392. The summed E-state index contributed by atoms with van der Waals surface area (Å²) in [6.07, 6.45) is 0. The van der Waals surface area contributed by atoms with Gasteiger partial charge in [0.2, 0.25) is 0 Å². The Labute approximate surface area is 186 Å². The molecule has 0 spiro atoms. The highest BCUT2D eigenvalue weighted by Gasteiger charge is 2.18. The SMILES string of the molecule is CCNC(=NCC(c1ccccc1OC)N(C)C)NCCN1CCOCC1.I. The predicted octanol–water partition coefficient (Wildman–Crippen LogP) is 1.80. The fraction of sp³-hybridized carbons (Fsp3) is 0.650. The maximum atomic E-state index is 5.54. The first kappa shape index (κ1) is 24.9. The molecule has 0 aliphatic carbocycles. The summed E-state index contributed by atoms with van der Waals surface area (Å²) in [5.74, 6) is 1.75. The average molecular weight is 505 g/mol. The highest BCUT2D eigenvalue weighted by Crippen LogP contribution is 2.28. The first-order valence-electron chi connectivity index (χ1n) is 9.77. The van der Waals surface area contributed by atoms with E-state index in [-0.39, 0.29) is 30.0 Å². The second kappa shape index (κ2) is 14.0. The Morgan fingerprint density at radius 1 is 1.25 bits per heavy atom. The fourth-order valence-corrected chi connectivity index (χ4v) is 3.16. The molecule has 2 rings (SSSR count). The van der Waals surface area contributed by atoms with Gasteiger partial charge in [-0.15, -0.1) is 24.0 Å². The van der Waals surface area contributed by atoms with Crippen LogP contribution in [0, 0.1) is 0 Å². The van der Waals surface area contributed by atoms with Crippen LogP contribution >= 0.6 is 24.0 Å². The minimum atomic E-state index is 0. The molecule has 28 heavy (non-hydrogen) atoms. The smallest absolute Gasteiger partial charge is 0.191 e. The zero-order valence-corrected chi connectivity index (χ0v) is 19.9. The molecule has 1 unspecified atom stereocenters. The molecule has 1 aliphatic heterocycles. The number of morpholine rings is 1. The van der Waals surface area contributed by atoms with E-state index in [1.807, 2.05) is 18.2 Å². The molecule has 0 aromatic heterocycles. The second-order valence-corrected chi connectivity index (χ2v) is 6.82. The lowest BCUT2D eigenvalue weighted by molar-refractivity contribution is 0.0389. The summed E-state index contributed by atoms with van der Waals surface area (Å²) in [5.41, 5.74) is 1.15. The third-order valence-electron chi connectivity index (χ3n) is 4.71. The van der Waals surface area contributed by atoms with Gasteiger partial charge in [-0.05, 0) is 27.1 Å². The molecule has 1 atom stereocenters. The lowest BCUT2D eigenvalue weighted by Crippen LogP contribution is -2.44. The Kier molecular flexibility index (Phi) is 12.4. The van der Waals surface area contributed by atoms with E-state index in [2.05, 4.69) is 47.5 Å². The van der Waals surface area contributed by atoms with Gasteiger partial charge in [0.05, 0.1) is 32.9 Å². The minimum absolute atomic E-state index is 0. The summed E-state index contributed by atoms with van der Waals surface area (Å²) >= 11 is 0. The molecule has 1 heterocycles. The lowest BCUT2D eigenvalue weighted by atomic mass is 10.0. The number of aliphatic imine (C=N–C) groups is 1. The van der Waals surface area contributed by atoms with E-state index in [0.717, 1.165) is 63.2 Å². The van der Waals surface area contributed by atoms with Crippen molar-refractivity contribution in [2.75, 3.05) is 73.7 Å². The number of methoxy groups -OCH3 is 1. The van der Waals surface area contributed by atoms with Gasteiger partial charge in [0.1, 0.15) is 5.75 Å². The number of rotatable bonds is 9. The second-order valence-electron chi connectivity index (χ2n) is 6.82. The molecule has 0 saturated carbocycles. The van der Waals surface area contributed by atoms with Gasteiger partial charge in [0.15, 0.2) is 5.96 Å². The van der Waals surface area contributed by atoms with Crippen molar-refractivity contribution < 1.29 is 9.47 Å². The third kappa shape index (κ3) is 8.10. The minimum Gasteiger partial charge on any atom is -0.496 e. The molecule has 1 aliphatic rings. The number of halogens is 1. The number of nitrogens with one attached hydrogen (secondary N) is 2. The largest absolute Gasteiger partial charge is 0.496 e. The van der Waals surface area contributed by atoms with E-state index in [9.17, 15) is 0 Å². The molecule has 8 heteroatoms. The van der Waals surface area contributed by atoms with Crippen LogP contribution in [0.2, 0.25) is 0 Å². The van der Waals surface area contributed by atoms with Gasteiger partial charge < -0.3 is 25.0 Å². The van der Waals surface area contributed by atoms with Gasteiger partial charge in [0.25, 0.3) is 0 Å². The monoisotopic (exact) mass is 505 g/mol. The van der Waals surface area contributed by atoms with E-state index >= 15 is 0 Å². The van der Waals surface area contributed by atoms with Crippen LogP contribution in [-0.4, -0.2) is 89.4 Å². The molecule has 1 aromatic carbocycles. The molecular weight excluding hydrogens is 469 g/mol. The van der Waals surface area contributed by atoms with Gasteiger partial charge in [-0.2, -0.15) is 0 Å². The molecule has 160 valence electrons. The van der Waals surface area contributed by atoms with Crippen molar-refractivity contribution in [2.24, 2.45) is 4.99 Å². The van der Waals surface area contributed by atoms with E-state index in [1.165, 1.54) is 0 Å². The normalized spacial score (nSPS) is 16.4. The number of guanidine groups is 1. The van der Waals surface area contributed by atoms with Crippen LogP contribution in [0.5, 0.6) is 5.75 Å². The molecule has 2 N–H and O–H groups in total. The van der Waals surface area contributed by atoms with Crippen molar-refractivity contribution in [2.45, 2.75) is 13.0 Å². The van der Waals surface area contributed by atoms with Crippen LogP contribution in [0.4, 0.5) is 0 Å². The highest BCUT2D eigenvalue weighted by atomic mass is 127. The van der Waals surface area contributed by atoms with Crippen molar-refractivity contribution in [1.29, 1.82) is 0 Å². The first-order valence-corrected chi connectivity index (χ1v) is 9.77. The van der Waals surface area contributed by atoms with E-state index in [0.29, 0.717) is 6.54 Å². The van der Waals surface area contributed by atoms with Gasteiger partial charge in [0, 0.05) is 38.3 Å². The molecule has 0 amide bonds. The van der Waals surface area contributed by atoms with E-state index in [1.54, 1.807) is 7.11 Å². The molecule has 0 bridgehead atoms. The number of para-hydroxylation sites is 1. The summed E-state index contributed by atoms with van der Waals surface area (Å²) in [7, 11) is 5.86. The fourth-order valence-electron chi connectivity index (χ4n) is 3.16. The summed E-state index contributed by atoms with van der Waals surface area (Å²) in [5, 5.41) is 6.79. The van der Waals surface area contributed by atoms with Crippen molar-refractivity contribution in [3.05, 3.63) is 29.8 Å². The summed E-state index contributed by atoms with van der Waals surface area (Å²) in [6, 6.07) is 8.30. The zero-order valence-electron chi connectivity index (χ0n) is 17.6. The number of ether oxygens (including phenoxy) is 2. The molecule has 1 saturated heterocycles. The molecule has 1 fully saturated rings. The van der Waals surface area contributed by atoms with Gasteiger partial charge >= 0.3 is 0 Å². The van der Waals surface area contributed by atoms with Crippen LogP contribution in [-0.2, 0) is 4.74 Å². The zero-order chi connectivity index (χ0) is 19.5. The molecule has 0 radical (unpaired) electrons. The Bertz CT molecular complexity index is 579. The van der Waals surface area contributed by atoms with Crippen molar-refractivity contribution in [3.63, 3.8) is 0 Å². The summed E-state index contributed by atoms with van der Waals surface area (Å²) in [6.45, 7) is 9.12. The number of likely N-dealkylation sites (N-methyl/N-ethyl adjacent to an activating group) is 1. The maximum absolute atomic E-state index is 5.54. The van der Waals surface area contributed by atoms with Crippen molar-refractivity contribution >= 4 is 29.9 Å². The van der Waals surface area contributed by atoms with Crippen LogP contribution in [0.1, 0.15) is 18.5 Å². The van der Waals surface area contributed by atoms with E-state index in [4.69, 9.17) is 14.5 Å². The van der Waals surface area contributed by atoms with Gasteiger partial charge in [-0.25, -0.2) is 0 Å². The first-order chi connectivity index (χ1) is 13.2. The molecular formula is C20H36IN5O2. The summed E-state index contributed by atoms with van der Waals surface area (Å²) in [4.78, 5) is 9.42. The van der Waals surface area contributed by atoms with Gasteiger partial charge in [-0.3, -0.25) is 9.89 Å². The maximum Gasteiger partial charge on any atom is 0.191 e. The van der Waals surface area contributed by atoms with Gasteiger partial charge in [-0.1, -0.05) is 18.2 Å². The van der Waals surface area contributed by atoms with Crippen molar-refractivity contribution in [1.82, 2.24) is 20.4 Å². The lowest BCUT2D eigenvalue weighted by Gasteiger charge is -2.27. The average Bonchev–Trinajstić information content (AvgIpc) is 2.69. The van der Waals surface area contributed by atoms with Crippen LogP contribution in [0.3, 0.4) is 0 Å². The van der Waals surface area contributed by atoms with Crippen LogP contribution < -0.4 is 15.4 Å². The third-order valence-corrected chi connectivity index (χ3v) is 4.71. The number of hydrogen-bond donors (Lipinski definition) is 2. The number of benzene rings is 1. The predicted molar refractivity (Wildman–Crippen MR) is 126 cm³/mol. The Morgan fingerprint density at radius 3 is 2.61 bits per heavy atom. The summed E-state index contributed by atoms with van der Waals surface area (Å²) < 4.78 is 10.9. The quantitative estimate of drug-likeness (QED) is 0.303. The number of nitrogens with zero attached hydrogens (tertiary/aromatic N) is 3. The van der Waals surface area contributed by atoms with Crippen LogP contribution in [0.15, 0.2) is 29.3 Å². The topological polar surface area (TPSA) is 61.4 Å². The molecule has 1 aromatic rings.